The Hall–Kier alpha value is -1.59. The molecule has 0 bridgehead atoms. The normalized spacial score (nSPS) is 10.7. The van der Waals surface area contributed by atoms with Crippen LogP contribution < -0.4 is 11.5 Å². The first-order valence-electron chi connectivity index (χ1n) is 6.15. The van der Waals surface area contributed by atoms with Crippen LogP contribution in [0.25, 0.3) is 11.3 Å². The molecule has 0 unspecified atom stereocenters. The average molecular weight is 274 g/mol. The minimum absolute atomic E-state index is 0.303. The molecule has 1 heterocycles. The number of aryl methyl sites for hydroxylation is 2. The zero-order valence-electron chi connectivity index (χ0n) is 11.2. The van der Waals surface area contributed by atoms with Crippen molar-refractivity contribution >= 4 is 17.7 Å². The lowest BCUT2D eigenvalue weighted by atomic mass is 10.0. The van der Waals surface area contributed by atoms with Gasteiger partial charge in [0.1, 0.15) is 5.03 Å². The van der Waals surface area contributed by atoms with Crippen molar-refractivity contribution in [2.75, 3.05) is 18.0 Å². The third-order valence-corrected chi connectivity index (χ3v) is 3.69. The number of nitrogen functional groups attached to an aromatic ring is 1. The van der Waals surface area contributed by atoms with E-state index < -0.39 is 0 Å². The van der Waals surface area contributed by atoms with Crippen molar-refractivity contribution in [2.24, 2.45) is 5.73 Å². The summed E-state index contributed by atoms with van der Waals surface area (Å²) < 4.78 is 0. The van der Waals surface area contributed by atoms with Crippen molar-refractivity contribution in [3.8, 4) is 11.3 Å². The number of hydrogen-bond acceptors (Lipinski definition) is 5. The van der Waals surface area contributed by atoms with E-state index in [4.69, 9.17) is 11.5 Å². The Morgan fingerprint density at radius 2 is 1.95 bits per heavy atom. The molecule has 19 heavy (non-hydrogen) atoms. The van der Waals surface area contributed by atoms with Gasteiger partial charge in [0.05, 0.1) is 5.69 Å². The van der Waals surface area contributed by atoms with E-state index in [0.29, 0.717) is 12.5 Å². The molecular formula is C14H18N4S. The number of benzene rings is 1. The van der Waals surface area contributed by atoms with Gasteiger partial charge in [-0.05, 0) is 25.5 Å². The first kappa shape index (κ1) is 13.8. The van der Waals surface area contributed by atoms with Crippen LogP contribution in [-0.4, -0.2) is 22.3 Å². The highest BCUT2D eigenvalue weighted by Gasteiger charge is 2.08. The highest BCUT2D eigenvalue weighted by atomic mass is 32.2. The SMILES string of the molecule is Cc1ccc(-c2cc(SCCN)nc(N)n2)c(C)c1. The molecule has 0 aliphatic carbocycles. The fraction of sp³-hybridized carbons (Fsp3) is 0.286. The van der Waals surface area contributed by atoms with E-state index >= 15 is 0 Å². The van der Waals surface area contributed by atoms with Crippen molar-refractivity contribution < 1.29 is 0 Å². The summed E-state index contributed by atoms with van der Waals surface area (Å²) in [6.07, 6.45) is 0. The molecule has 1 aromatic heterocycles. The summed E-state index contributed by atoms with van der Waals surface area (Å²) >= 11 is 1.60. The Labute approximate surface area is 117 Å². The first-order chi connectivity index (χ1) is 9.10. The Balaban J connectivity index is 2.41. The second-order valence-electron chi connectivity index (χ2n) is 4.41. The second-order valence-corrected chi connectivity index (χ2v) is 5.52. The Bertz CT molecular complexity index is 584. The van der Waals surface area contributed by atoms with Gasteiger partial charge < -0.3 is 11.5 Å². The lowest BCUT2D eigenvalue weighted by molar-refractivity contribution is 1.06. The molecule has 0 saturated carbocycles. The summed E-state index contributed by atoms with van der Waals surface area (Å²) in [6.45, 7) is 4.77. The standard InChI is InChI=1S/C14H18N4S/c1-9-3-4-11(10(2)7-9)12-8-13(19-6-5-15)18-14(16)17-12/h3-4,7-8H,5-6,15H2,1-2H3,(H2,16,17,18). The summed E-state index contributed by atoms with van der Waals surface area (Å²) in [5.41, 5.74) is 15.7. The smallest absolute Gasteiger partial charge is 0.221 e. The summed E-state index contributed by atoms with van der Waals surface area (Å²) in [6, 6.07) is 8.26. The Morgan fingerprint density at radius 3 is 2.63 bits per heavy atom. The summed E-state index contributed by atoms with van der Waals surface area (Å²) in [5.74, 6) is 1.12. The van der Waals surface area contributed by atoms with Crippen LogP contribution in [-0.2, 0) is 0 Å². The number of nitrogens with two attached hydrogens (primary N) is 2. The molecule has 0 aliphatic heterocycles. The maximum Gasteiger partial charge on any atom is 0.221 e. The quantitative estimate of drug-likeness (QED) is 0.661. The lowest BCUT2D eigenvalue weighted by Gasteiger charge is -2.08. The van der Waals surface area contributed by atoms with Gasteiger partial charge in [0.15, 0.2) is 0 Å². The van der Waals surface area contributed by atoms with E-state index in [1.54, 1.807) is 11.8 Å². The average Bonchev–Trinajstić information content (AvgIpc) is 2.35. The molecule has 0 saturated heterocycles. The van der Waals surface area contributed by atoms with Gasteiger partial charge in [0.2, 0.25) is 5.95 Å². The summed E-state index contributed by atoms with van der Waals surface area (Å²) in [7, 11) is 0. The highest BCUT2D eigenvalue weighted by molar-refractivity contribution is 7.99. The van der Waals surface area contributed by atoms with Crippen LogP contribution in [0.4, 0.5) is 5.95 Å². The molecule has 4 N–H and O–H groups in total. The van der Waals surface area contributed by atoms with E-state index in [1.165, 1.54) is 11.1 Å². The minimum atomic E-state index is 0.303. The topological polar surface area (TPSA) is 77.8 Å². The zero-order valence-corrected chi connectivity index (χ0v) is 12.0. The molecule has 0 fully saturated rings. The molecule has 2 aromatic rings. The van der Waals surface area contributed by atoms with Crippen LogP contribution in [0.2, 0.25) is 0 Å². The van der Waals surface area contributed by atoms with Gasteiger partial charge in [-0.1, -0.05) is 23.8 Å². The van der Waals surface area contributed by atoms with Crippen molar-refractivity contribution in [3.63, 3.8) is 0 Å². The van der Waals surface area contributed by atoms with Gasteiger partial charge in [-0.3, -0.25) is 0 Å². The number of nitrogens with zero attached hydrogens (tertiary/aromatic N) is 2. The first-order valence-corrected chi connectivity index (χ1v) is 7.14. The molecule has 2 rings (SSSR count). The van der Waals surface area contributed by atoms with Crippen molar-refractivity contribution in [1.29, 1.82) is 0 Å². The molecule has 4 nitrogen and oxygen atoms in total. The van der Waals surface area contributed by atoms with E-state index in [9.17, 15) is 0 Å². The fourth-order valence-electron chi connectivity index (χ4n) is 1.92. The summed E-state index contributed by atoms with van der Waals surface area (Å²) in [4.78, 5) is 8.54. The van der Waals surface area contributed by atoms with Crippen molar-refractivity contribution in [2.45, 2.75) is 18.9 Å². The molecule has 0 amide bonds. The monoisotopic (exact) mass is 274 g/mol. The van der Waals surface area contributed by atoms with Gasteiger partial charge in [-0.25, -0.2) is 9.97 Å². The van der Waals surface area contributed by atoms with Gasteiger partial charge in [-0.2, -0.15) is 0 Å². The van der Waals surface area contributed by atoms with Gasteiger partial charge in [0.25, 0.3) is 0 Å². The molecule has 1 aromatic carbocycles. The molecule has 0 aliphatic rings. The van der Waals surface area contributed by atoms with E-state index in [0.717, 1.165) is 22.0 Å². The van der Waals surface area contributed by atoms with Crippen LogP contribution in [0.3, 0.4) is 0 Å². The predicted octanol–water partition coefficient (Wildman–Crippen LogP) is 2.39. The molecule has 5 heteroatoms. The fourth-order valence-corrected chi connectivity index (χ4v) is 2.60. The van der Waals surface area contributed by atoms with Crippen molar-refractivity contribution in [3.05, 3.63) is 35.4 Å². The Kier molecular flexibility index (Phi) is 4.39. The maximum atomic E-state index is 5.78. The predicted molar refractivity (Wildman–Crippen MR) is 81.1 cm³/mol. The van der Waals surface area contributed by atoms with E-state index in [-0.39, 0.29) is 0 Å². The highest BCUT2D eigenvalue weighted by Crippen LogP contribution is 2.26. The van der Waals surface area contributed by atoms with E-state index in [2.05, 4.69) is 42.0 Å². The van der Waals surface area contributed by atoms with Crippen LogP contribution in [0.15, 0.2) is 29.3 Å². The van der Waals surface area contributed by atoms with Gasteiger partial charge in [0, 0.05) is 17.9 Å². The molecule has 0 spiro atoms. The molecule has 0 atom stereocenters. The summed E-state index contributed by atoms with van der Waals surface area (Å²) in [5, 5.41) is 0.868. The number of thioether (sulfide) groups is 1. The number of hydrogen-bond donors (Lipinski definition) is 2. The largest absolute Gasteiger partial charge is 0.368 e. The molecular weight excluding hydrogens is 256 g/mol. The van der Waals surface area contributed by atoms with Crippen LogP contribution in [0, 0.1) is 13.8 Å². The van der Waals surface area contributed by atoms with Crippen LogP contribution in [0.1, 0.15) is 11.1 Å². The molecule has 0 radical (unpaired) electrons. The van der Waals surface area contributed by atoms with Crippen molar-refractivity contribution in [1.82, 2.24) is 9.97 Å². The maximum absolute atomic E-state index is 5.78. The number of anilines is 1. The third-order valence-electron chi connectivity index (χ3n) is 2.75. The zero-order chi connectivity index (χ0) is 13.8. The minimum Gasteiger partial charge on any atom is -0.368 e. The molecule has 100 valence electrons. The third kappa shape index (κ3) is 3.45. The number of aromatic nitrogens is 2. The van der Waals surface area contributed by atoms with Crippen LogP contribution >= 0.6 is 11.8 Å². The number of rotatable bonds is 4. The Morgan fingerprint density at radius 1 is 1.16 bits per heavy atom. The van der Waals surface area contributed by atoms with Crippen LogP contribution in [0.5, 0.6) is 0 Å². The second kappa shape index (κ2) is 6.04. The lowest BCUT2D eigenvalue weighted by Crippen LogP contribution is -2.03. The van der Waals surface area contributed by atoms with E-state index in [1.807, 2.05) is 6.07 Å². The van der Waals surface area contributed by atoms with Gasteiger partial charge >= 0.3 is 0 Å². The van der Waals surface area contributed by atoms with Gasteiger partial charge in [-0.15, -0.1) is 11.8 Å².